The molecular formula is C67H90Cl2N4O12. The Morgan fingerprint density at radius 3 is 1.29 bits per heavy atom. The van der Waals surface area contributed by atoms with E-state index < -0.39 is 41.6 Å². The molecule has 5 N–H and O–H groups in total. The van der Waals surface area contributed by atoms with E-state index in [-0.39, 0.29) is 63.8 Å². The molecule has 0 aliphatic heterocycles. The van der Waals surface area contributed by atoms with Crippen LogP contribution in [-0.2, 0) is 49.9 Å². The van der Waals surface area contributed by atoms with Crippen molar-refractivity contribution >= 4 is 66.0 Å². The summed E-state index contributed by atoms with van der Waals surface area (Å²) in [5, 5.41) is 8.43. The van der Waals surface area contributed by atoms with Crippen LogP contribution in [0, 0.1) is 11.8 Å². The number of hydrogen-bond donors (Lipinski definition) is 4. The molecule has 0 aliphatic carbocycles. The quantitative estimate of drug-likeness (QED) is 0.0280. The van der Waals surface area contributed by atoms with Gasteiger partial charge in [-0.05, 0) is 135 Å². The molecule has 0 heterocycles. The first-order valence-electron chi connectivity index (χ1n) is 27.5. The lowest BCUT2D eigenvalue weighted by atomic mass is 10.0. The lowest BCUT2D eigenvalue weighted by Gasteiger charge is -2.24. The molecule has 6 aromatic rings. The maximum atomic E-state index is 13.6. The summed E-state index contributed by atoms with van der Waals surface area (Å²) in [7, 11) is 0. The van der Waals surface area contributed by atoms with Crippen LogP contribution in [0.1, 0.15) is 133 Å². The highest BCUT2D eigenvalue weighted by atomic mass is 35.5. The molecule has 6 rings (SSSR count). The van der Waals surface area contributed by atoms with Gasteiger partial charge in [-0.25, -0.2) is 14.4 Å². The van der Waals surface area contributed by atoms with Crippen LogP contribution < -0.4 is 40.6 Å². The number of benzene rings is 6. The highest BCUT2D eigenvalue weighted by Gasteiger charge is 2.27. The number of rotatable bonds is 27. The Labute approximate surface area is 516 Å². The Morgan fingerprint density at radius 2 is 0.906 bits per heavy atom. The van der Waals surface area contributed by atoms with Gasteiger partial charge in [-0.2, -0.15) is 0 Å². The second-order valence-electron chi connectivity index (χ2n) is 21.1. The zero-order chi connectivity index (χ0) is 58.7. The van der Waals surface area contributed by atoms with Crippen LogP contribution in [0.4, 0.5) is 16.2 Å². The second kappa shape index (κ2) is 38.9. The molecule has 0 saturated carbocycles. The summed E-state index contributed by atoms with van der Waals surface area (Å²) in [4.78, 5) is 64.0. The van der Waals surface area contributed by atoms with Gasteiger partial charge in [0, 0.05) is 6.42 Å². The van der Waals surface area contributed by atoms with Gasteiger partial charge in [-0.15, -0.1) is 24.8 Å². The number of ether oxygens (including phenoxy) is 7. The summed E-state index contributed by atoms with van der Waals surface area (Å²) in [6.45, 7) is 19.5. The lowest BCUT2D eigenvalue weighted by Crippen LogP contribution is -2.47. The fourth-order valence-corrected chi connectivity index (χ4v) is 7.43. The van der Waals surface area contributed by atoms with Crippen molar-refractivity contribution in [1.29, 1.82) is 0 Å². The molecule has 0 saturated heterocycles. The number of carbonyl (C=O) groups excluding carboxylic acids is 5. The molecule has 0 aromatic heterocycles. The molecule has 0 fully saturated rings. The van der Waals surface area contributed by atoms with Gasteiger partial charge >= 0.3 is 18.0 Å². The standard InChI is InChI=1S/C35H44N2O7.C30H36N2O5.2CH4.2ClH/c1-7-19-41-33(39)27-15-18-29(31(21-27)43-22-24(2)3)36-32(38)30(37-34(40)44-35(4,5)6)20-25-13-16-28(17-14-25)42-23-26-11-9-8-10-12-26;1-4-16-35-30(34)24-12-15-27(28(18-24)37-19-21(2)3)32-29(33)26(31)17-22-10-13-25(14-11-22)36-20-23-8-6-5-7-9-23;;;;/h8-18,21,24,30H,7,19-20,22-23H2,1-6H3,(H,36,38)(H,37,40);5-15,18,21,26H,4,16-17,19-20,31H2,1-3H3,(H,32,33);2*1H4;2*1H/t30-;26-;;;;/m11..../s1. The van der Waals surface area contributed by atoms with Gasteiger partial charge < -0.3 is 54.8 Å². The average molecular weight is 1210 g/mol. The number of amides is 3. The van der Waals surface area contributed by atoms with E-state index in [1.54, 1.807) is 57.2 Å². The predicted molar refractivity (Wildman–Crippen MR) is 343 cm³/mol. The van der Waals surface area contributed by atoms with Crippen molar-refractivity contribution in [2.45, 2.75) is 134 Å². The van der Waals surface area contributed by atoms with Crippen LogP contribution in [0.3, 0.4) is 0 Å². The molecule has 0 radical (unpaired) electrons. The third-order valence-corrected chi connectivity index (χ3v) is 11.6. The fourth-order valence-electron chi connectivity index (χ4n) is 7.43. The minimum Gasteiger partial charge on any atom is -0.491 e. The Kier molecular flexibility index (Phi) is 34.5. The van der Waals surface area contributed by atoms with Crippen molar-refractivity contribution in [2.75, 3.05) is 37.1 Å². The largest absolute Gasteiger partial charge is 0.491 e. The lowest BCUT2D eigenvalue weighted by molar-refractivity contribution is -0.118. The second-order valence-corrected chi connectivity index (χ2v) is 21.1. The highest BCUT2D eigenvalue weighted by Crippen LogP contribution is 2.30. The maximum absolute atomic E-state index is 13.6. The first-order valence-corrected chi connectivity index (χ1v) is 27.5. The van der Waals surface area contributed by atoms with Crippen molar-refractivity contribution in [3.8, 4) is 23.0 Å². The number of nitrogens with one attached hydrogen (secondary N) is 3. The van der Waals surface area contributed by atoms with Crippen molar-refractivity contribution in [3.05, 3.63) is 179 Å². The highest BCUT2D eigenvalue weighted by molar-refractivity contribution is 5.99. The van der Waals surface area contributed by atoms with Gasteiger partial charge in [0.05, 0.1) is 55.0 Å². The molecule has 16 nitrogen and oxygen atoms in total. The molecule has 18 heteroatoms. The van der Waals surface area contributed by atoms with Crippen LogP contribution in [0.2, 0.25) is 0 Å². The minimum atomic E-state index is -0.979. The Morgan fingerprint density at radius 1 is 0.506 bits per heavy atom. The molecule has 6 aromatic carbocycles. The van der Waals surface area contributed by atoms with E-state index in [1.807, 2.05) is 151 Å². The molecule has 3 amide bonds. The Hall–Kier alpha value is -7.79. The van der Waals surface area contributed by atoms with Crippen LogP contribution in [-0.4, -0.2) is 74.0 Å². The Bertz CT molecular complexity index is 2920. The van der Waals surface area contributed by atoms with Crippen LogP contribution in [0.15, 0.2) is 146 Å². The van der Waals surface area contributed by atoms with Gasteiger partial charge in [0.15, 0.2) is 0 Å². The smallest absolute Gasteiger partial charge is 0.408 e. The summed E-state index contributed by atoms with van der Waals surface area (Å²) in [6, 6.07) is 42.5. The van der Waals surface area contributed by atoms with E-state index in [2.05, 4.69) is 16.0 Å². The van der Waals surface area contributed by atoms with Crippen molar-refractivity contribution in [1.82, 2.24) is 5.32 Å². The Balaban J connectivity index is 0.000000822. The van der Waals surface area contributed by atoms with Gasteiger partial charge in [0.1, 0.15) is 47.9 Å². The van der Waals surface area contributed by atoms with Crippen molar-refractivity contribution < 1.29 is 57.1 Å². The van der Waals surface area contributed by atoms with Crippen LogP contribution in [0.5, 0.6) is 23.0 Å². The fraction of sp³-hybridized carbons (Fsp3) is 0.388. The number of alkyl carbamates (subject to hydrolysis) is 1. The average Bonchev–Trinajstić information content (AvgIpc) is 3.29. The zero-order valence-corrected chi connectivity index (χ0v) is 50.7. The van der Waals surface area contributed by atoms with Gasteiger partial charge in [-0.3, -0.25) is 9.59 Å². The molecular weight excluding hydrogens is 1120 g/mol. The maximum Gasteiger partial charge on any atom is 0.408 e. The van der Waals surface area contributed by atoms with E-state index in [0.717, 1.165) is 34.4 Å². The molecule has 2 atom stereocenters. The summed E-state index contributed by atoms with van der Waals surface area (Å²) in [5.41, 5.74) is 10.8. The molecule has 0 bridgehead atoms. The third kappa shape index (κ3) is 27.6. The monoisotopic (exact) mass is 1210 g/mol. The number of anilines is 2. The van der Waals surface area contributed by atoms with Gasteiger partial charge in [0.2, 0.25) is 11.8 Å². The SMILES string of the molecule is C.C.CCCOC(=O)c1ccc(NC(=O)[C@@H](Cc2ccc(OCc3ccccc3)cc2)NC(=O)OC(C)(C)C)c(OCC(C)C)c1.CCCOC(=O)c1ccc(NC(=O)[C@H](N)Cc2ccc(OCc3ccccc3)cc2)c(OCC(C)C)c1.Cl.Cl. The van der Waals surface area contributed by atoms with E-state index in [0.29, 0.717) is 92.2 Å². The molecule has 85 heavy (non-hydrogen) atoms. The number of esters is 2. The molecule has 0 aliphatic rings. The summed E-state index contributed by atoms with van der Waals surface area (Å²) >= 11 is 0. The number of carbonyl (C=O) groups is 5. The van der Waals surface area contributed by atoms with E-state index >= 15 is 0 Å². The zero-order valence-electron chi connectivity index (χ0n) is 49.0. The summed E-state index contributed by atoms with van der Waals surface area (Å²) < 4.78 is 39.5. The third-order valence-electron chi connectivity index (χ3n) is 11.6. The van der Waals surface area contributed by atoms with Crippen molar-refractivity contribution in [3.63, 3.8) is 0 Å². The minimum absolute atomic E-state index is 0. The van der Waals surface area contributed by atoms with Gasteiger partial charge in [-0.1, -0.05) is 141 Å². The first-order chi connectivity index (χ1) is 38.8. The van der Waals surface area contributed by atoms with E-state index in [9.17, 15) is 24.0 Å². The molecule has 0 spiro atoms. The number of nitrogens with two attached hydrogens (primary N) is 1. The topological polar surface area (TPSA) is 212 Å². The number of halogens is 2. The molecule has 0 unspecified atom stereocenters. The van der Waals surface area contributed by atoms with Crippen LogP contribution >= 0.6 is 24.8 Å². The van der Waals surface area contributed by atoms with E-state index in [4.69, 9.17) is 38.9 Å². The van der Waals surface area contributed by atoms with Crippen LogP contribution in [0.25, 0.3) is 0 Å². The number of hydrogen-bond acceptors (Lipinski definition) is 13. The predicted octanol–water partition coefficient (Wildman–Crippen LogP) is 14.4. The first kappa shape index (κ1) is 75.2. The summed E-state index contributed by atoms with van der Waals surface area (Å²) in [5.74, 6) is 0.905. The molecule has 464 valence electrons. The normalized spacial score (nSPS) is 11.2. The van der Waals surface area contributed by atoms with E-state index in [1.165, 1.54) is 0 Å². The van der Waals surface area contributed by atoms with Crippen molar-refractivity contribution in [2.24, 2.45) is 17.6 Å². The van der Waals surface area contributed by atoms with Gasteiger partial charge in [0.25, 0.3) is 0 Å². The summed E-state index contributed by atoms with van der Waals surface area (Å²) in [6.07, 6.45) is 1.26.